The Hall–Kier alpha value is -1.55. The van der Waals surface area contributed by atoms with Gasteiger partial charge in [0.2, 0.25) is 0 Å². The van der Waals surface area contributed by atoms with Gasteiger partial charge in [0, 0.05) is 31.7 Å². The van der Waals surface area contributed by atoms with Crippen molar-refractivity contribution in [3.05, 3.63) is 29.8 Å². The normalized spacial score (nSPS) is 18.6. The Kier molecular flexibility index (Phi) is 10.7. The number of hydrogen-bond donors (Lipinski definition) is 3. The maximum atomic E-state index is 10.9. The number of nitrogens with one attached hydrogen (secondary N) is 2. The molecule has 7 nitrogen and oxygen atoms in total. The minimum absolute atomic E-state index is 0. The Morgan fingerprint density at radius 2 is 1.97 bits per heavy atom. The van der Waals surface area contributed by atoms with E-state index in [2.05, 4.69) is 22.5 Å². The first-order valence-corrected chi connectivity index (χ1v) is 10.9. The Bertz CT molecular complexity index is 686. The van der Waals surface area contributed by atoms with E-state index in [9.17, 15) is 4.79 Å². The number of benzene rings is 1. The van der Waals surface area contributed by atoms with Gasteiger partial charge in [-0.05, 0) is 50.3 Å². The first-order valence-electron chi connectivity index (χ1n) is 10.9. The number of guanidine groups is 1. The molecule has 3 rings (SSSR count). The minimum Gasteiger partial charge on any atom is -0.484 e. The molecular formula is C22H36IN5O2. The van der Waals surface area contributed by atoms with Gasteiger partial charge in [0.25, 0.3) is 5.91 Å². The molecule has 0 unspecified atom stereocenters. The lowest BCUT2D eigenvalue weighted by atomic mass is 10.0. The predicted octanol–water partition coefficient (Wildman–Crippen LogP) is 2.63. The van der Waals surface area contributed by atoms with Crippen LogP contribution in [0, 0.1) is 0 Å². The van der Waals surface area contributed by atoms with Crippen LogP contribution in [0.15, 0.2) is 29.3 Å². The predicted molar refractivity (Wildman–Crippen MR) is 131 cm³/mol. The van der Waals surface area contributed by atoms with Gasteiger partial charge in [-0.3, -0.25) is 4.79 Å². The number of piperidine rings is 1. The third-order valence-electron chi connectivity index (χ3n) is 5.75. The summed E-state index contributed by atoms with van der Waals surface area (Å²) in [5, 5.41) is 6.97. The number of carbonyl (C=O) groups excluding carboxylic acids is 1. The SMILES string of the molecule is CCNC(=NCc1cccc(OCC(N)=O)c1)NC1CCN(C2CCCC2)CC1.I. The Morgan fingerprint density at radius 3 is 2.63 bits per heavy atom. The molecule has 0 radical (unpaired) electrons. The summed E-state index contributed by atoms with van der Waals surface area (Å²) in [6.07, 6.45) is 7.88. The standard InChI is InChI=1S/C22H35N5O2.HI/c1-2-24-22(25-15-17-6-5-9-20(14-17)29-16-21(23)28)26-18-10-12-27(13-11-18)19-7-3-4-8-19;/h5-6,9,14,18-19H,2-4,7-8,10-13,15-16H2,1H3,(H2,23,28)(H2,24,25,26);1H. The fourth-order valence-electron chi connectivity index (χ4n) is 4.25. The van der Waals surface area contributed by atoms with E-state index < -0.39 is 5.91 Å². The molecule has 1 saturated carbocycles. The number of nitrogens with zero attached hydrogens (tertiary/aromatic N) is 2. The molecule has 1 aromatic carbocycles. The summed E-state index contributed by atoms with van der Waals surface area (Å²) in [6.45, 7) is 5.70. The van der Waals surface area contributed by atoms with Crippen molar-refractivity contribution in [1.82, 2.24) is 15.5 Å². The van der Waals surface area contributed by atoms with Gasteiger partial charge in [0.15, 0.2) is 12.6 Å². The van der Waals surface area contributed by atoms with Crippen molar-refractivity contribution in [2.24, 2.45) is 10.7 Å². The van der Waals surface area contributed by atoms with Gasteiger partial charge in [0.05, 0.1) is 6.54 Å². The molecule has 1 aliphatic heterocycles. The molecule has 1 heterocycles. The number of halogens is 1. The molecule has 1 amide bonds. The molecule has 1 aromatic rings. The van der Waals surface area contributed by atoms with Gasteiger partial charge < -0.3 is 26.0 Å². The summed E-state index contributed by atoms with van der Waals surface area (Å²) in [7, 11) is 0. The van der Waals surface area contributed by atoms with Crippen LogP contribution in [0.2, 0.25) is 0 Å². The highest BCUT2D eigenvalue weighted by atomic mass is 127. The molecule has 168 valence electrons. The molecule has 8 heteroatoms. The first-order chi connectivity index (χ1) is 14.1. The van der Waals surface area contributed by atoms with Crippen molar-refractivity contribution in [3.8, 4) is 5.75 Å². The van der Waals surface area contributed by atoms with Crippen LogP contribution in [0.25, 0.3) is 0 Å². The smallest absolute Gasteiger partial charge is 0.255 e. The van der Waals surface area contributed by atoms with E-state index in [1.54, 1.807) is 0 Å². The van der Waals surface area contributed by atoms with Crippen LogP contribution < -0.4 is 21.1 Å². The van der Waals surface area contributed by atoms with Gasteiger partial charge in [-0.25, -0.2) is 4.99 Å². The fourth-order valence-corrected chi connectivity index (χ4v) is 4.25. The van der Waals surface area contributed by atoms with Crippen LogP contribution in [0.1, 0.15) is 51.0 Å². The molecule has 0 atom stereocenters. The molecule has 0 bridgehead atoms. The lowest BCUT2D eigenvalue weighted by Gasteiger charge is -2.36. The van der Waals surface area contributed by atoms with E-state index in [0.29, 0.717) is 18.3 Å². The highest BCUT2D eigenvalue weighted by molar-refractivity contribution is 14.0. The van der Waals surface area contributed by atoms with Crippen molar-refractivity contribution >= 4 is 35.8 Å². The number of hydrogen-bond acceptors (Lipinski definition) is 4. The average molecular weight is 529 g/mol. The van der Waals surface area contributed by atoms with Crippen LogP contribution in [0.5, 0.6) is 5.75 Å². The van der Waals surface area contributed by atoms with Crippen molar-refractivity contribution in [2.45, 2.75) is 64.1 Å². The van der Waals surface area contributed by atoms with E-state index in [1.807, 2.05) is 24.3 Å². The number of carbonyl (C=O) groups is 1. The molecule has 0 aromatic heterocycles. The summed E-state index contributed by atoms with van der Waals surface area (Å²) >= 11 is 0. The summed E-state index contributed by atoms with van der Waals surface area (Å²) in [4.78, 5) is 18.3. The molecule has 2 aliphatic rings. The lowest BCUT2D eigenvalue weighted by Crippen LogP contribution is -2.50. The summed E-state index contributed by atoms with van der Waals surface area (Å²) < 4.78 is 5.38. The second kappa shape index (κ2) is 13.0. The summed E-state index contributed by atoms with van der Waals surface area (Å²) in [5.41, 5.74) is 6.17. The van der Waals surface area contributed by atoms with Crippen LogP contribution in [-0.2, 0) is 11.3 Å². The van der Waals surface area contributed by atoms with Gasteiger partial charge in [0.1, 0.15) is 5.75 Å². The number of nitrogens with two attached hydrogens (primary N) is 1. The van der Waals surface area contributed by atoms with E-state index in [-0.39, 0.29) is 30.6 Å². The third-order valence-corrected chi connectivity index (χ3v) is 5.75. The summed E-state index contributed by atoms with van der Waals surface area (Å²) in [6, 6.07) is 8.91. The number of likely N-dealkylation sites (tertiary alicyclic amines) is 1. The molecule has 1 saturated heterocycles. The van der Waals surface area contributed by atoms with Gasteiger partial charge in [-0.2, -0.15) is 0 Å². The van der Waals surface area contributed by atoms with Gasteiger partial charge in [-0.1, -0.05) is 25.0 Å². The maximum Gasteiger partial charge on any atom is 0.255 e. The molecule has 0 spiro atoms. The highest BCUT2D eigenvalue weighted by Gasteiger charge is 2.27. The van der Waals surface area contributed by atoms with E-state index in [0.717, 1.165) is 37.0 Å². The summed E-state index contributed by atoms with van der Waals surface area (Å²) in [5.74, 6) is 1.01. The Morgan fingerprint density at radius 1 is 1.23 bits per heavy atom. The van der Waals surface area contributed by atoms with Crippen molar-refractivity contribution < 1.29 is 9.53 Å². The zero-order chi connectivity index (χ0) is 20.5. The van der Waals surface area contributed by atoms with E-state index in [1.165, 1.54) is 38.8 Å². The Labute approximate surface area is 197 Å². The minimum atomic E-state index is -0.481. The van der Waals surface area contributed by atoms with Crippen LogP contribution >= 0.6 is 24.0 Å². The van der Waals surface area contributed by atoms with Crippen LogP contribution in [-0.4, -0.2) is 55.1 Å². The monoisotopic (exact) mass is 529 g/mol. The van der Waals surface area contributed by atoms with E-state index >= 15 is 0 Å². The molecule has 1 aliphatic carbocycles. The van der Waals surface area contributed by atoms with Crippen molar-refractivity contribution in [2.75, 3.05) is 26.2 Å². The van der Waals surface area contributed by atoms with Crippen LogP contribution in [0.3, 0.4) is 0 Å². The zero-order valence-corrected chi connectivity index (χ0v) is 20.3. The number of rotatable bonds is 8. The first kappa shape index (κ1) is 24.7. The topological polar surface area (TPSA) is 92.0 Å². The second-order valence-electron chi connectivity index (χ2n) is 7.99. The quantitative estimate of drug-likeness (QED) is 0.274. The number of ether oxygens (including phenoxy) is 1. The van der Waals surface area contributed by atoms with E-state index in [4.69, 9.17) is 15.5 Å². The number of primary amides is 1. The third kappa shape index (κ3) is 7.94. The average Bonchev–Trinajstić information content (AvgIpc) is 3.26. The Balaban J connectivity index is 0.00000320. The maximum absolute atomic E-state index is 10.9. The largest absolute Gasteiger partial charge is 0.484 e. The second-order valence-corrected chi connectivity index (χ2v) is 7.99. The van der Waals surface area contributed by atoms with Crippen molar-refractivity contribution in [1.29, 1.82) is 0 Å². The lowest BCUT2D eigenvalue weighted by molar-refractivity contribution is -0.119. The number of aliphatic imine (C=N–C) groups is 1. The molecular weight excluding hydrogens is 493 g/mol. The zero-order valence-electron chi connectivity index (χ0n) is 17.9. The fraction of sp³-hybridized carbons (Fsp3) is 0.636. The van der Waals surface area contributed by atoms with Crippen molar-refractivity contribution in [3.63, 3.8) is 0 Å². The van der Waals surface area contributed by atoms with Crippen LogP contribution in [0.4, 0.5) is 0 Å². The number of amides is 1. The van der Waals surface area contributed by atoms with Gasteiger partial charge >= 0.3 is 0 Å². The molecule has 2 fully saturated rings. The van der Waals surface area contributed by atoms with Gasteiger partial charge in [-0.15, -0.1) is 24.0 Å². The molecule has 30 heavy (non-hydrogen) atoms. The molecule has 4 N–H and O–H groups in total. The highest BCUT2D eigenvalue weighted by Crippen LogP contribution is 2.26.